The molecule has 4 heterocycles. The highest BCUT2D eigenvalue weighted by molar-refractivity contribution is 7.15. The van der Waals surface area contributed by atoms with Gasteiger partial charge >= 0.3 is 5.63 Å². The molecule has 1 atom stereocenters. The summed E-state index contributed by atoms with van der Waals surface area (Å²) in [4.78, 5) is 17.8. The molecule has 6 nitrogen and oxygen atoms in total. The van der Waals surface area contributed by atoms with Crippen LogP contribution in [0.1, 0.15) is 6.42 Å². The molecule has 27 heavy (non-hydrogen) atoms. The van der Waals surface area contributed by atoms with E-state index in [2.05, 4.69) is 10.3 Å². The topological polar surface area (TPSA) is 68.8 Å². The Balaban J connectivity index is 0.00000105. The molecule has 0 unspecified atom stereocenters. The van der Waals surface area contributed by atoms with Crippen molar-refractivity contribution in [2.45, 2.75) is 12.5 Å². The van der Waals surface area contributed by atoms with Gasteiger partial charge in [0, 0.05) is 35.8 Å². The molecule has 1 aliphatic heterocycles. The predicted octanol–water partition coefficient (Wildman–Crippen LogP) is 3.75. The second-order valence-corrected chi connectivity index (χ2v) is 6.97. The lowest BCUT2D eigenvalue weighted by atomic mass is 10.1. The molecule has 0 aliphatic carbocycles. The van der Waals surface area contributed by atoms with Crippen LogP contribution in [0.2, 0.25) is 0 Å². The summed E-state index contributed by atoms with van der Waals surface area (Å²) >= 11 is 1.53. The van der Waals surface area contributed by atoms with Crippen LogP contribution >= 0.6 is 36.2 Å². The van der Waals surface area contributed by atoms with E-state index < -0.39 is 5.63 Å². The van der Waals surface area contributed by atoms with Gasteiger partial charge in [-0.3, -0.25) is 4.40 Å². The number of rotatable bonds is 3. The summed E-state index contributed by atoms with van der Waals surface area (Å²) in [5.74, 6) is 0.722. The molecule has 9 heteroatoms. The van der Waals surface area contributed by atoms with E-state index >= 15 is 0 Å². The number of halogens is 2. The molecule has 5 rings (SSSR count). The Morgan fingerprint density at radius 1 is 1.30 bits per heavy atom. The number of fused-ring (bicyclic) bond motifs is 2. The molecule has 0 amide bonds. The van der Waals surface area contributed by atoms with Gasteiger partial charge in [-0.25, -0.2) is 9.78 Å². The van der Waals surface area contributed by atoms with Crippen molar-refractivity contribution in [3.63, 3.8) is 0 Å². The fourth-order valence-corrected chi connectivity index (χ4v) is 3.82. The molecule has 0 spiro atoms. The maximum Gasteiger partial charge on any atom is 0.345 e. The van der Waals surface area contributed by atoms with Crippen LogP contribution in [0.3, 0.4) is 0 Å². The van der Waals surface area contributed by atoms with Crippen molar-refractivity contribution < 1.29 is 9.15 Å². The Morgan fingerprint density at radius 2 is 2.19 bits per heavy atom. The number of benzene rings is 1. The first-order chi connectivity index (χ1) is 12.3. The summed E-state index contributed by atoms with van der Waals surface area (Å²) in [5.41, 5.74) is 1.23. The average molecular weight is 426 g/mol. The Hall–Kier alpha value is -2.06. The molecule has 1 saturated heterocycles. The Bertz CT molecular complexity index is 1100. The van der Waals surface area contributed by atoms with Crippen LogP contribution in [-0.2, 0) is 0 Å². The zero-order chi connectivity index (χ0) is 16.8. The van der Waals surface area contributed by atoms with E-state index in [1.54, 1.807) is 6.07 Å². The van der Waals surface area contributed by atoms with Crippen molar-refractivity contribution in [1.82, 2.24) is 14.7 Å². The van der Waals surface area contributed by atoms with Gasteiger partial charge in [-0.1, -0.05) is 0 Å². The molecule has 4 aromatic rings. The van der Waals surface area contributed by atoms with E-state index in [0.717, 1.165) is 35.6 Å². The minimum atomic E-state index is -0.391. The monoisotopic (exact) mass is 425 g/mol. The molecule has 1 aromatic carbocycles. The summed E-state index contributed by atoms with van der Waals surface area (Å²) in [6, 6.07) is 7.44. The van der Waals surface area contributed by atoms with Crippen molar-refractivity contribution >= 4 is 52.1 Å². The number of hydrogen-bond donors (Lipinski definition) is 1. The van der Waals surface area contributed by atoms with Gasteiger partial charge in [-0.2, -0.15) is 0 Å². The van der Waals surface area contributed by atoms with Gasteiger partial charge in [0.2, 0.25) is 0 Å². The SMILES string of the molecule is Cl.Cl.O=c1oc2cc(O[C@@H]3CCNC3)ccc2cc1-c1cn2ccsc2n1. The molecule has 0 saturated carbocycles. The van der Waals surface area contributed by atoms with E-state index in [9.17, 15) is 4.79 Å². The van der Waals surface area contributed by atoms with Gasteiger partial charge in [0.1, 0.15) is 17.4 Å². The number of nitrogens with zero attached hydrogens (tertiary/aromatic N) is 2. The second kappa shape index (κ2) is 7.90. The van der Waals surface area contributed by atoms with Crippen molar-refractivity contribution in [2.24, 2.45) is 0 Å². The average Bonchev–Trinajstić information content (AvgIpc) is 3.31. The van der Waals surface area contributed by atoms with Crippen LogP contribution in [0.15, 0.2) is 51.3 Å². The van der Waals surface area contributed by atoms with Gasteiger partial charge in [0.25, 0.3) is 0 Å². The van der Waals surface area contributed by atoms with Gasteiger partial charge in [0.05, 0.1) is 11.3 Å². The standard InChI is InChI=1S/C18H15N3O3S.2ClH/c22-17-14(15-10-21-5-6-25-18(21)20-15)7-11-1-2-12(8-16(11)24-17)23-13-3-4-19-9-13;;/h1-2,5-8,10,13,19H,3-4,9H2;2*1H/t13-;;/m1../s1. The van der Waals surface area contributed by atoms with Gasteiger partial charge in [-0.05, 0) is 31.2 Å². The highest BCUT2D eigenvalue weighted by Crippen LogP contribution is 2.26. The summed E-state index contributed by atoms with van der Waals surface area (Å²) in [6.07, 6.45) is 4.91. The molecule has 1 aliphatic rings. The van der Waals surface area contributed by atoms with Crippen LogP contribution in [0.25, 0.3) is 27.2 Å². The molecule has 3 aromatic heterocycles. The number of nitrogens with one attached hydrogen (secondary N) is 1. The third-order valence-corrected chi connectivity index (χ3v) is 5.17. The maximum atomic E-state index is 12.4. The van der Waals surface area contributed by atoms with Crippen LogP contribution in [-0.4, -0.2) is 28.6 Å². The lowest BCUT2D eigenvalue weighted by molar-refractivity contribution is 0.223. The second-order valence-electron chi connectivity index (χ2n) is 6.10. The van der Waals surface area contributed by atoms with Crippen LogP contribution < -0.4 is 15.7 Å². The normalized spacial score (nSPS) is 16.2. The molecular weight excluding hydrogens is 409 g/mol. The number of aromatic nitrogens is 2. The summed E-state index contributed by atoms with van der Waals surface area (Å²) in [5, 5.41) is 6.07. The molecular formula is C18H17Cl2N3O3S. The van der Waals surface area contributed by atoms with Crippen LogP contribution in [0.5, 0.6) is 5.75 Å². The van der Waals surface area contributed by atoms with E-state index in [0.29, 0.717) is 16.8 Å². The zero-order valence-electron chi connectivity index (χ0n) is 14.1. The van der Waals surface area contributed by atoms with Crippen molar-refractivity contribution in [3.8, 4) is 17.0 Å². The van der Waals surface area contributed by atoms with E-state index in [4.69, 9.17) is 9.15 Å². The van der Waals surface area contributed by atoms with Gasteiger partial charge < -0.3 is 14.5 Å². The van der Waals surface area contributed by atoms with Crippen molar-refractivity contribution in [3.05, 3.63) is 52.5 Å². The number of ether oxygens (including phenoxy) is 1. The molecule has 0 radical (unpaired) electrons. The molecule has 1 fully saturated rings. The maximum absolute atomic E-state index is 12.4. The van der Waals surface area contributed by atoms with E-state index in [1.165, 1.54) is 11.3 Å². The van der Waals surface area contributed by atoms with Gasteiger partial charge in [0.15, 0.2) is 4.96 Å². The minimum Gasteiger partial charge on any atom is -0.489 e. The molecule has 0 bridgehead atoms. The first-order valence-corrected chi connectivity index (χ1v) is 9.02. The fourth-order valence-electron chi connectivity index (χ4n) is 3.12. The van der Waals surface area contributed by atoms with Crippen molar-refractivity contribution in [1.29, 1.82) is 0 Å². The lowest BCUT2D eigenvalue weighted by Gasteiger charge is -2.12. The third-order valence-electron chi connectivity index (χ3n) is 4.39. The number of imidazole rings is 1. The number of thiazole rings is 1. The highest BCUT2D eigenvalue weighted by Gasteiger charge is 2.17. The Labute approximate surface area is 171 Å². The van der Waals surface area contributed by atoms with Crippen LogP contribution in [0, 0.1) is 0 Å². The largest absolute Gasteiger partial charge is 0.489 e. The summed E-state index contributed by atoms with van der Waals surface area (Å²) in [7, 11) is 0. The Morgan fingerprint density at radius 3 is 2.96 bits per heavy atom. The first kappa shape index (κ1) is 19.7. The zero-order valence-corrected chi connectivity index (χ0v) is 16.5. The Kier molecular flexibility index (Phi) is 5.76. The first-order valence-electron chi connectivity index (χ1n) is 8.14. The highest BCUT2D eigenvalue weighted by atomic mass is 35.5. The third kappa shape index (κ3) is 3.68. The lowest BCUT2D eigenvalue weighted by Crippen LogP contribution is -2.19. The van der Waals surface area contributed by atoms with Crippen LogP contribution in [0.4, 0.5) is 0 Å². The molecule has 1 N–H and O–H groups in total. The quantitative estimate of drug-likeness (QED) is 0.506. The fraction of sp³-hybridized carbons (Fsp3) is 0.222. The van der Waals surface area contributed by atoms with E-state index in [-0.39, 0.29) is 30.9 Å². The number of hydrogen-bond acceptors (Lipinski definition) is 6. The van der Waals surface area contributed by atoms with Gasteiger partial charge in [-0.15, -0.1) is 36.2 Å². The predicted molar refractivity (Wildman–Crippen MR) is 111 cm³/mol. The summed E-state index contributed by atoms with van der Waals surface area (Å²) < 4.78 is 13.4. The summed E-state index contributed by atoms with van der Waals surface area (Å²) in [6.45, 7) is 1.82. The van der Waals surface area contributed by atoms with Crippen molar-refractivity contribution in [2.75, 3.05) is 13.1 Å². The molecule has 142 valence electrons. The minimum absolute atomic E-state index is 0. The smallest absolute Gasteiger partial charge is 0.345 e. The van der Waals surface area contributed by atoms with E-state index in [1.807, 2.05) is 40.4 Å².